The Bertz CT molecular complexity index is 753. The van der Waals surface area contributed by atoms with Crippen LogP contribution in [0.4, 0.5) is 0 Å². The molecule has 0 atom stereocenters. The van der Waals surface area contributed by atoms with Gasteiger partial charge in [0.2, 0.25) is 0 Å². The highest BCUT2D eigenvalue weighted by molar-refractivity contribution is 5.95. The topological polar surface area (TPSA) is 42.0 Å². The van der Waals surface area contributed by atoms with E-state index >= 15 is 0 Å². The summed E-state index contributed by atoms with van der Waals surface area (Å²) in [6, 6.07) is 15.9. The van der Waals surface area contributed by atoms with Crippen molar-refractivity contribution in [2.45, 2.75) is 26.5 Å². The Hall–Kier alpha value is -2.53. The smallest absolute Gasteiger partial charge is 0.254 e. The molecule has 0 bridgehead atoms. The van der Waals surface area contributed by atoms with Crippen LogP contribution >= 0.6 is 0 Å². The van der Waals surface area contributed by atoms with Crippen LogP contribution in [0.15, 0.2) is 48.5 Å². The highest BCUT2D eigenvalue weighted by Crippen LogP contribution is 2.29. The lowest BCUT2D eigenvalue weighted by Gasteiger charge is -2.34. The number of nitrogens with zero attached hydrogens (tertiary/aromatic N) is 2. The molecular formula is C22H28N2O3. The van der Waals surface area contributed by atoms with Crippen LogP contribution in [0.5, 0.6) is 11.5 Å². The van der Waals surface area contributed by atoms with Crippen LogP contribution in [0.2, 0.25) is 0 Å². The van der Waals surface area contributed by atoms with Gasteiger partial charge in [-0.1, -0.05) is 30.3 Å². The quantitative estimate of drug-likeness (QED) is 0.783. The highest BCUT2D eigenvalue weighted by Gasteiger charge is 2.23. The van der Waals surface area contributed by atoms with Gasteiger partial charge in [-0.15, -0.1) is 0 Å². The van der Waals surface area contributed by atoms with Crippen molar-refractivity contribution in [2.75, 3.05) is 33.3 Å². The number of carbonyl (C=O) groups is 1. The molecule has 3 rings (SSSR count). The van der Waals surface area contributed by atoms with E-state index in [1.807, 2.05) is 36.9 Å². The van der Waals surface area contributed by atoms with E-state index in [-0.39, 0.29) is 12.0 Å². The van der Waals surface area contributed by atoms with Crippen molar-refractivity contribution in [3.8, 4) is 11.5 Å². The second-order valence-corrected chi connectivity index (χ2v) is 7.09. The van der Waals surface area contributed by atoms with E-state index < -0.39 is 0 Å². The molecule has 1 aliphatic heterocycles. The summed E-state index contributed by atoms with van der Waals surface area (Å²) in [6.07, 6.45) is 0.0538. The van der Waals surface area contributed by atoms with Crippen LogP contribution in [0.3, 0.4) is 0 Å². The molecule has 1 saturated heterocycles. The Labute approximate surface area is 161 Å². The summed E-state index contributed by atoms with van der Waals surface area (Å²) in [6.45, 7) is 8.09. The lowest BCUT2D eigenvalue weighted by atomic mass is 10.1. The van der Waals surface area contributed by atoms with Crippen molar-refractivity contribution >= 4 is 5.91 Å². The van der Waals surface area contributed by atoms with Gasteiger partial charge in [-0.05, 0) is 37.6 Å². The molecule has 1 fully saturated rings. The molecule has 1 aliphatic rings. The van der Waals surface area contributed by atoms with Gasteiger partial charge in [0.1, 0.15) is 0 Å². The summed E-state index contributed by atoms with van der Waals surface area (Å²) in [5.74, 6) is 1.30. The Morgan fingerprint density at radius 1 is 1.00 bits per heavy atom. The Morgan fingerprint density at radius 3 is 2.33 bits per heavy atom. The van der Waals surface area contributed by atoms with Crippen molar-refractivity contribution in [1.82, 2.24) is 9.80 Å². The zero-order valence-electron chi connectivity index (χ0n) is 16.4. The maximum Gasteiger partial charge on any atom is 0.254 e. The molecule has 5 nitrogen and oxygen atoms in total. The molecule has 0 N–H and O–H groups in total. The maximum absolute atomic E-state index is 12.9. The lowest BCUT2D eigenvalue weighted by Crippen LogP contribution is -2.48. The van der Waals surface area contributed by atoms with Gasteiger partial charge in [-0.3, -0.25) is 9.69 Å². The average molecular weight is 368 g/mol. The number of piperazine rings is 1. The minimum Gasteiger partial charge on any atom is -0.493 e. The largest absolute Gasteiger partial charge is 0.493 e. The maximum atomic E-state index is 12.9. The fraction of sp³-hybridized carbons (Fsp3) is 0.409. The minimum absolute atomic E-state index is 0.0451. The summed E-state index contributed by atoms with van der Waals surface area (Å²) in [5.41, 5.74) is 1.95. The van der Waals surface area contributed by atoms with Gasteiger partial charge in [0, 0.05) is 38.3 Å². The van der Waals surface area contributed by atoms with Gasteiger partial charge in [0.15, 0.2) is 11.5 Å². The van der Waals surface area contributed by atoms with Gasteiger partial charge in [0.05, 0.1) is 13.2 Å². The summed E-state index contributed by atoms with van der Waals surface area (Å²) >= 11 is 0. The molecule has 2 aromatic carbocycles. The average Bonchev–Trinajstić information content (AvgIpc) is 2.69. The first kappa shape index (κ1) is 19.2. The molecule has 0 aliphatic carbocycles. The van der Waals surface area contributed by atoms with E-state index in [2.05, 4.69) is 29.2 Å². The summed E-state index contributed by atoms with van der Waals surface area (Å²) in [7, 11) is 1.60. The molecule has 27 heavy (non-hydrogen) atoms. The molecule has 0 spiro atoms. The highest BCUT2D eigenvalue weighted by atomic mass is 16.5. The fourth-order valence-corrected chi connectivity index (χ4v) is 3.29. The molecule has 0 unspecified atom stereocenters. The Kier molecular flexibility index (Phi) is 6.35. The van der Waals surface area contributed by atoms with Crippen LogP contribution in [0.1, 0.15) is 29.8 Å². The SMILES string of the molecule is COc1cc(C(=O)N2CCN(Cc3ccccc3)CC2)ccc1OC(C)C. The first-order chi connectivity index (χ1) is 13.1. The zero-order valence-corrected chi connectivity index (χ0v) is 16.4. The summed E-state index contributed by atoms with van der Waals surface area (Å²) in [4.78, 5) is 17.2. The first-order valence-electron chi connectivity index (χ1n) is 9.47. The van der Waals surface area contributed by atoms with Crippen LogP contribution in [-0.2, 0) is 6.54 Å². The molecular weight excluding hydrogens is 340 g/mol. The monoisotopic (exact) mass is 368 g/mol. The molecule has 0 saturated carbocycles. The summed E-state index contributed by atoms with van der Waals surface area (Å²) in [5, 5.41) is 0. The molecule has 5 heteroatoms. The fourth-order valence-electron chi connectivity index (χ4n) is 3.29. The van der Waals surface area contributed by atoms with Gasteiger partial charge < -0.3 is 14.4 Å². The van der Waals surface area contributed by atoms with E-state index in [0.29, 0.717) is 17.1 Å². The number of ether oxygens (including phenoxy) is 2. The molecule has 0 radical (unpaired) electrons. The van der Waals surface area contributed by atoms with Gasteiger partial charge in [0.25, 0.3) is 5.91 Å². The van der Waals surface area contributed by atoms with Gasteiger partial charge in [-0.25, -0.2) is 0 Å². The number of hydrogen-bond donors (Lipinski definition) is 0. The Morgan fingerprint density at radius 2 is 1.70 bits per heavy atom. The van der Waals surface area contributed by atoms with Crippen LogP contribution < -0.4 is 9.47 Å². The second kappa shape index (κ2) is 8.91. The van der Waals surface area contributed by atoms with Crippen LogP contribution in [0.25, 0.3) is 0 Å². The molecule has 1 heterocycles. The third-order valence-electron chi connectivity index (χ3n) is 4.68. The molecule has 144 valence electrons. The van der Waals surface area contributed by atoms with E-state index in [1.54, 1.807) is 13.2 Å². The third-order valence-corrected chi connectivity index (χ3v) is 4.68. The predicted molar refractivity (Wildman–Crippen MR) is 106 cm³/mol. The van der Waals surface area contributed by atoms with E-state index in [9.17, 15) is 4.79 Å². The van der Waals surface area contributed by atoms with Crippen molar-refractivity contribution < 1.29 is 14.3 Å². The zero-order chi connectivity index (χ0) is 19.2. The standard InChI is InChI=1S/C22H28N2O3/c1-17(2)27-20-10-9-19(15-21(20)26-3)22(25)24-13-11-23(12-14-24)16-18-7-5-4-6-8-18/h4-10,15,17H,11-14,16H2,1-3H3. The van der Waals surface area contributed by atoms with E-state index in [0.717, 1.165) is 32.7 Å². The predicted octanol–water partition coefficient (Wildman–Crippen LogP) is 3.44. The Balaban J connectivity index is 1.60. The normalized spacial score (nSPS) is 15.0. The van der Waals surface area contributed by atoms with Crippen LogP contribution in [0, 0.1) is 0 Å². The lowest BCUT2D eigenvalue weighted by molar-refractivity contribution is 0.0628. The van der Waals surface area contributed by atoms with E-state index in [4.69, 9.17) is 9.47 Å². The number of carbonyl (C=O) groups excluding carboxylic acids is 1. The third kappa shape index (κ3) is 5.01. The van der Waals surface area contributed by atoms with Crippen molar-refractivity contribution in [3.05, 3.63) is 59.7 Å². The van der Waals surface area contributed by atoms with Gasteiger partial charge >= 0.3 is 0 Å². The number of benzene rings is 2. The first-order valence-corrected chi connectivity index (χ1v) is 9.47. The van der Waals surface area contributed by atoms with Crippen molar-refractivity contribution in [2.24, 2.45) is 0 Å². The molecule has 1 amide bonds. The van der Waals surface area contributed by atoms with Crippen molar-refractivity contribution in [3.63, 3.8) is 0 Å². The number of hydrogen-bond acceptors (Lipinski definition) is 4. The van der Waals surface area contributed by atoms with E-state index in [1.165, 1.54) is 5.56 Å². The second-order valence-electron chi connectivity index (χ2n) is 7.09. The number of amides is 1. The number of rotatable bonds is 6. The number of methoxy groups -OCH3 is 1. The van der Waals surface area contributed by atoms with Crippen molar-refractivity contribution in [1.29, 1.82) is 0 Å². The molecule has 0 aromatic heterocycles. The summed E-state index contributed by atoms with van der Waals surface area (Å²) < 4.78 is 11.1. The van der Waals surface area contributed by atoms with Crippen LogP contribution in [-0.4, -0.2) is 55.1 Å². The molecule has 2 aromatic rings. The minimum atomic E-state index is 0.0451. The van der Waals surface area contributed by atoms with Gasteiger partial charge in [-0.2, -0.15) is 0 Å².